The lowest BCUT2D eigenvalue weighted by atomic mass is 9.96. The lowest BCUT2D eigenvalue weighted by molar-refractivity contribution is -0.116. The summed E-state index contributed by atoms with van der Waals surface area (Å²) < 4.78 is 5.39. The molecule has 1 aliphatic heterocycles. The van der Waals surface area contributed by atoms with Gasteiger partial charge in [0.15, 0.2) is 5.78 Å². The lowest BCUT2D eigenvalue weighted by Crippen LogP contribution is -2.18. The Bertz CT molecular complexity index is 647. The van der Waals surface area contributed by atoms with Crippen LogP contribution in [0, 0.1) is 6.92 Å². The zero-order valence-electron chi connectivity index (χ0n) is 14.1. The van der Waals surface area contributed by atoms with Crippen molar-refractivity contribution in [3.63, 3.8) is 0 Å². The highest BCUT2D eigenvalue weighted by Crippen LogP contribution is 2.27. The maximum atomic E-state index is 12.4. The van der Waals surface area contributed by atoms with Crippen molar-refractivity contribution in [1.29, 1.82) is 0 Å². The highest BCUT2D eigenvalue weighted by atomic mass is 16.5. The van der Waals surface area contributed by atoms with Gasteiger partial charge in [0.05, 0.1) is 6.10 Å². The van der Waals surface area contributed by atoms with Gasteiger partial charge in [0.1, 0.15) is 17.4 Å². The molecule has 0 unspecified atom stereocenters. The molecule has 1 aliphatic rings. The highest BCUT2D eigenvalue weighted by Gasteiger charge is 2.21. The number of benzene rings is 1. The Labute approximate surface area is 142 Å². The van der Waals surface area contributed by atoms with Crippen LogP contribution in [0.2, 0.25) is 0 Å². The van der Waals surface area contributed by atoms with E-state index in [4.69, 9.17) is 4.74 Å². The van der Waals surface area contributed by atoms with Crippen molar-refractivity contribution >= 4 is 11.8 Å². The van der Waals surface area contributed by atoms with E-state index in [1.54, 1.807) is 19.1 Å². The standard InChI is InChI=1S/C19H24O5/c1-12-9-14-6-4-8-16(21)11-15(20)7-3-5-13(2)24-19(23)18(14)17(22)10-12/h3,7,9-10,13,16,21-22H,4-6,8,11H2,1-2H3/b7-3-/t13-,16-/m0/s1. The number of aliphatic hydroxyl groups is 1. The maximum Gasteiger partial charge on any atom is 0.342 e. The summed E-state index contributed by atoms with van der Waals surface area (Å²) in [6.45, 7) is 3.58. The van der Waals surface area contributed by atoms with Crippen LogP contribution in [0.4, 0.5) is 0 Å². The molecule has 0 spiro atoms. The number of carbonyl (C=O) groups is 2. The van der Waals surface area contributed by atoms with Crippen molar-refractivity contribution in [2.45, 2.75) is 58.2 Å². The molecular formula is C19H24O5. The van der Waals surface area contributed by atoms with Gasteiger partial charge in [0, 0.05) is 12.8 Å². The van der Waals surface area contributed by atoms with Crippen LogP contribution in [0.5, 0.6) is 5.75 Å². The van der Waals surface area contributed by atoms with Crippen LogP contribution >= 0.6 is 0 Å². The normalized spacial score (nSPS) is 24.6. The third kappa shape index (κ3) is 4.93. The minimum atomic E-state index is -0.698. The van der Waals surface area contributed by atoms with Gasteiger partial charge in [0.2, 0.25) is 0 Å². The molecule has 1 aromatic carbocycles. The van der Waals surface area contributed by atoms with Crippen LogP contribution in [0.3, 0.4) is 0 Å². The molecule has 24 heavy (non-hydrogen) atoms. The van der Waals surface area contributed by atoms with Crippen molar-refractivity contribution in [2.75, 3.05) is 0 Å². The number of ether oxygens (including phenoxy) is 1. The summed E-state index contributed by atoms with van der Waals surface area (Å²) >= 11 is 0. The van der Waals surface area contributed by atoms with E-state index in [9.17, 15) is 19.8 Å². The number of aromatic hydroxyl groups is 1. The van der Waals surface area contributed by atoms with Crippen molar-refractivity contribution in [2.24, 2.45) is 0 Å². The van der Waals surface area contributed by atoms with E-state index >= 15 is 0 Å². The van der Waals surface area contributed by atoms with E-state index in [2.05, 4.69) is 0 Å². The third-order valence-corrected chi connectivity index (χ3v) is 4.05. The fourth-order valence-corrected chi connectivity index (χ4v) is 2.89. The second kappa shape index (κ2) is 8.11. The SMILES string of the molecule is Cc1cc(O)c2c(c1)CCC[C@H](O)CC(=O)/C=C\C[C@H](C)OC2=O. The molecule has 0 fully saturated rings. The third-order valence-electron chi connectivity index (χ3n) is 4.05. The number of rotatable bonds is 0. The van der Waals surface area contributed by atoms with Crippen LogP contribution in [0.1, 0.15) is 54.1 Å². The first-order valence-corrected chi connectivity index (χ1v) is 8.27. The molecule has 0 bridgehead atoms. The summed E-state index contributed by atoms with van der Waals surface area (Å²) in [5.41, 5.74) is 1.75. The minimum Gasteiger partial charge on any atom is -0.507 e. The van der Waals surface area contributed by atoms with Crippen LogP contribution in [-0.2, 0) is 16.0 Å². The van der Waals surface area contributed by atoms with Gasteiger partial charge < -0.3 is 14.9 Å². The first-order valence-electron chi connectivity index (χ1n) is 8.27. The number of phenols is 1. The number of cyclic esters (lactones) is 1. The predicted octanol–water partition coefficient (Wildman–Crippen LogP) is 2.85. The quantitative estimate of drug-likeness (QED) is 0.714. The van der Waals surface area contributed by atoms with Crippen molar-refractivity contribution < 1.29 is 24.5 Å². The van der Waals surface area contributed by atoms with Crippen molar-refractivity contribution in [1.82, 2.24) is 0 Å². The lowest BCUT2D eigenvalue weighted by Gasteiger charge is -2.17. The average molecular weight is 332 g/mol. The Morgan fingerprint density at radius 3 is 2.75 bits per heavy atom. The largest absolute Gasteiger partial charge is 0.507 e. The molecule has 5 nitrogen and oxygen atoms in total. The molecule has 2 atom stereocenters. The number of aliphatic hydroxyl groups excluding tert-OH is 1. The van der Waals surface area contributed by atoms with Gasteiger partial charge in [-0.15, -0.1) is 0 Å². The predicted molar refractivity (Wildman–Crippen MR) is 90.0 cm³/mol. The number of carbonyl (C=O) groups excluding carboxylic acids is 2. The van der Waals surface area contributed by atoms with Crippen LogP contribution in [0.15, 0.2) is 24.3 Å². The minimum absolute atomic E-state index is 0.0828. The van der Waals surface area contributed by atoms with Crippen LogP contribution in [-0.4, -0.2) is 34.2 Å². The molecule has 0 amide bonds. The number of ketones is 1. The summed E-state index contributed by atoms with van der Waals surface area (Å²) in [6.07, 6.45) is 4.04. The smallest absolute Gasteiger partial charge is 0.342 e. The molecule has 0 saturated carbocycles. The van der Waals surface area contributed by atoms with Gasteiger partial charge >= 0.3 is 5.97 Å². The van der Waals surface area contributed by atoms with Gasteiger partial charge in [-0.2, -0.15) is 0 Å². The number of hydrogen-bond acceptors (Lipinski definition) is 5. The van der Waals surface area contributed by atoms with E-state index < -0.39 is 18.2 Å². The van der Waals surface area contributed by atoms with Gasteiger partial charge in [-0.1, -0.05) is 12.1 Å². The van der Waals surface area contributed by atoms with Crippen molar-refractivity contribution in [3.05, 3.63) is 41.0 Å². The van der Waals surface area contributed by atoms with E-state index in [-0.39, 0.29) is 23.5 Å². The fourth-order valence-electron chi connectivity index (χ4n) is 2.89. The number of aryl methyl sites for hydroxylation is 2. The fraction of sp³-hybridized carbons (Fsp3) is 0.474. The Hall–Kier alpha value is -2.14. The Morgan fingerprint density at radius 2 is 2.00 bits per heavy atom. The summed E-state index contributed by atoms with van der Waals surface area (Å²) in [5, 5.41) is 20.1. The van der Waals surface area contributed by atoms with Crippen LogP contribution < -0.4 is 0 Å². The molecule has 0 aromatic heterocycles. The summed E-state index contributed by atoms with van der Waals surface area (Å²) in [6, 6.07) is 3.39. The molecule has 0 saturated heterocycles. The van der Waals surface area contributed by atoms with Gasteiger partial charge in [0.25, 0.3) is 0 Å². The maximum absolute atomic E-state index is 12.4. The number of fused-ring (bicyclic) bond motifs is 1. The zero-order chi connectivity index (χ0) is 17.7. The molecule has 0 aliphatic carbocycles. The second-order valence-electron chi connectivity index (χ2n) is 6.39. The summed E-state index contributed by atoms with van der Waals surface area (Å²) in [7, 11) is 0. The highest BCUT2D eigenvalue weighted by molar-refractivity contribution is 5.94. The first kappa shape index (κ1) is 18.2. The van der Waals surface area contributed by atoms with E-state index in [1.807, 2.05) is 13.0 Å². The Balaban J connectivity index is 2.31. The van der Waals surface area contributed by atoms with E-state index in [0.29, 0.717) is 31.2 Å². The molecule has 5 heteroatoms. The molecule has 1 heterocycles. The first-order chi connectivity index (χ1) is 11.4. The number of allylic oxidation sites excluding steroid dienone is 1. The summed E-state index contributed by atoms with van der Waals surface area (Å²) in [5.74, 6) is -0.778. The number of esters is 1. The Morgan fingerprint density at radius 1 is 1.25 bits per heavy atom. The molecule has 2 N–H and O–H groups in total. The topological polar surface area (TPSA) is 83.8 Å². The molecule has 130 valence electrons. The monoisotopic (exact) mass is 332 g/mol. The molecule has 1 aromatic rings. The molecular weight excluding hydrogens is 308 g/mol. The number of hydrogen-bond donors (Lipinski definition) is 2. The van der Waals surface area contributed by atoms with E-state index in [0.717, 1.165) is 5.56 Å². The summed E-state index contributed by atoms with van der Waals surface area (Å²) in [4.78, 5) is 24.2. The average Bonchev–Trinajstić information content (AvgIpc) is 2.45. The molecule has 2 rings (SSSR count). The number of phenolic OH excluding ortho intramolecular Hbond substituents is 1. The Kier molecular flexibility index (Phi) is 6.15. The molecule has 0 radical (unpaired) electrons. The van der Waals surface area contributed by atoms with Crippen molar-refractivity contribution in [3.8, 4) is 5.75 Å². The van der Waals surface area contributed by atoms with Gasteiger partial charge in [-0.25, -0.2) is 4.79 Å². The van der Waals surface area contributed by atoms with Gasteiger partial charge in [-0.3, -0.25) is 4.79 Å². The zero-order valence-corrected chi connectivity index (χ0v) is 14.1. The van der Waals surface area contributed by atoms with Gasteiger partial charge in [-0.05, 0) is 56.4 Å². The van der Waals surface area contributed by atoms with E-state index in [1.165, 1.54) is 6.08 Å². The second-order valence-corrected chi connectivity index (χ2v) is 6.39. The van der Waals surface area contributed by atoms with Crippen LogP contribution in [0.25, 0.3) is 0 Å².